The Kier molecular flexibility index (Phi) is 3.46. The van der Waals surface area contributed by atoms with Crippen molar-refractivity contribution < 1.29 is 4.39 Å². The molecule has 1 heterocycles. The zero-order valence-electron chi connectivity index (χ0n) is 9.52. The van der Waals surface area contributed by atoms with E-state index in [9.17, 15) is 4.39 Å². The lowest BCUT2D eigenvalue weighted by atomic mass is 10.0. The van der Waals surface area contributed by atoms with Crippen molar-refractivity contribution in [2.45, 2.75) is 13.0 Å². The first-order valence-electron chi connectivity index (χ1n) is 5.36. The third-order valence-corrected chi connectivity index (χ3v) is 2.55. The van der Waals surface area contributed by atoms with Crippen LogP contribution in [0.2, 0.25) is 0 Å². The molecule has 4 heteroatoms. The highest BCUT2D eigenvalue weighted by Gasteiger charge is 2.14. The molecule has 0 aliphatic rings. The zero-order chi connectivity index (χ0) is 12.3. The number of hydrazine groups is 1. The highest BCUT2D eigenvalue weighted by atomic mass is 19.1. The fraction of sp³-hybridized carbons (Fsp3) is 0.154. The average molecular weight is 231 g/mol. The van der Waals surface area contributed by atoms with Crippen molar-refractivity contribution in [3.63, 3.8) is 0 Å². The SMILES string of the molecule is Cc1cccc(C(NN)c2cccc(F)c2)n1. The Labute approximate surface area is 99.5 Å². The first-order chi connectivity index (χ1) is 8.20. The predicted octanol–water partition coefficient (Wildman–Crippen LogP) is 2.08. The second-order valence-electron chi connectivity index (χ2n) is 3.86. The number of nitrogens with zero attached hydrogens (tertiary/aromatic N) is 1. The van der Waals surface area contributed by atoms with Crippen LogP contribution in [0.25, 0.3) is 0 Å². The molecule has 0 aliphatic carbocycles. The summed E-state index contributed by atoms with van der Waals surface area (Å²) in [6.07, 6.45) is 0. The lowest BCUT2D eigenvalue weighted by Gasteiger charge is -2.16. The summed E-state index contributed by atoms with van der Waals surface area (Å²) in [5.41, 5.74) is 5.09. The van der Waals surface area contributed by atoms with Gasteiger partial charge in [0.05, 0.1) is 11.7 Å². The largest absolute Gasteiger partial charge is 0.271 e. The molecular weight excluding hydrogens is 217 g/mol. The minimum absolute atomic E-state index is 0.282. The molecule has 2 rings (SSSR count). The van der Waals surface area contributed by atoms with Crippen LogP contribution >= 0.6 is 0 Å². The summed E-state index contributed by atoms with van der Waals surface area (Å²) in [4.78, 5) is 4.39. The van der Waals surface area contributed by atoms with Crippen LogP contribution in [0.5, 0.6) is 0 Å². The van der Waals surface area contributed by atoms with E-state index in [-0.39, 0.29) is 11.9 Å². The van der Waals surface area contributed by atoms with Crippen LogP contribution in [0.4, 0.5) is 4.39 Å². The van der Waals surface area contributed by atoms with Gasteiger partial charge in [-0.25, -0.2) is 9.82 Å². The van der Waals surface area contributed by atoms with E-state index < -0.39 is 0 Å². The maximum Gasteiger partial charge on any atom is 0.123 e. The number of hydrogen-bond acceptors (Lipinski definition) is 3. The molecule has 1 aromatic heterocycles. The van der Waals surface area contributed by atoms with Gasteiger partial charge in [0.25, 0.3) is 0 Å². The van der Waals surface area contributed by atoms with Gasteiger partial charge in [-0.2, -0.15) is 0 Å². The number of benzene rings is 1. The van der Waals surface area contributed by atoms with E-state index in [2.05, 4.69) is 10.4 Å². The molecule has 0 radical (unpaired) electrons. The third-order valence-electron chi connectivity index (χ3n) is 2.55. The molecule has 0 aliphatic heterocycles. The van der Waals surface area contributed by atoms with Crippen molar-refractivity contribution in [2.75, 3.05) is 0 Å². The fourth-order valence-corrected chi connectivity index (χ4v) is 1.76. The molecule has 0 bridgehead atoms. The van der Waals surface area contributed by atoms with E-state index in [1.807, 2.05) is 31.2 Å². The molecule has 0 amide bonds. The fourth-order valence-electron chi connectivity index (χ4n) is 1.76. The summed E-state index contributed by atoms with van der Waals surface area (Å²) in [6.45, 7) is 1.91. The summed E-state index contributed by atoms with van der Waals surface area (Å²) < 4.78 is 13.2. The lowest BCUT2D eigenvalue weighted by Crippen LogP contribution is -2.29. The topological polar surface area (TPSA) is 50.9 Å². The number of nitrogens with two attached hydrogens (primary N) is 1. The van der Waals surface area contributed by atoms with Crippen molar-refractivity contribution in [2.24, 2.45) is 5.84 Å². The Morgan fingerprint density at radius 3 is 2.65 bits per heavy atom. The van der Waals surface area contributed by atoms with Gasteiger partial charge in [-0.1, -0.05) is 18.2 Å². The molecule has 2 aromatic rings. The van der Waals surface area contributed by atoms with Crippen LogP contribution in [0, 0.1) is 12.7 Å². The summed E-state index contributed by atoms with van der Waals surface area (Å²) in [7, 11) is 0. The van der Waals surface area contributed by atoms with Crippen molar-refractivity contribution in [3.8, 4) is 0 Å². The first-order valence-corrected chi connectivity index (χ1v) is 5.36. The lowest BCUT2D eigenvalue weighted by molar-refractivity contribution is 0.597. The summed E-state index contributed by atoms with van der Waals surface area (Å²) in [6, 6.07) is 11.7. The van der Waals surface area contributed by atoms with Gasteiger partial charge in [-0.3, -0.25) is 10.8 Å². The molecule has 0 saturated heterocycles. The van der Waals surface area contributed by atoms with Gasteiger partial charge in [-0.15, -0.1) is 0 Å². The van der Waals surface area contributed by atoms with E-state index in [0.29, 0.717) is 0 Å². The average Bonchev–Trinajstić information content (AvgIpc) is 2.30. The van der Waals surface area contributed by atoms with Crippen LogP contribution < -0.4 is 11.3 Å². The van der Waals surface area contributed by atoms with Gasteiger partial charge in [0, 0.05) is 5.69 Å². The van der Waals surface area contributed by atoms with Crippen molar-refractivity contribution in [3.05, 3.63) is 65.2 Å². The van der Waals surface area contributed by atoms with Crippen LogP contribution in [-0.2, 0) is 0 Å². The van der Waals surface area contributed by atoms with Crippen molar-refractivity contribution in [1.82, 2.24) is 10.4 Å². The highest BCUT2D eigenvalue weighted by Crippen LogP contribution is 2.20. The van der Waals surface area contributed by atoms with E-state index in [1.165, 1.54) is 12.1 Å². The van der Waals surface area contributed by atoms with Crippen LogP contribution in [0.3, 0.4) is 0 Å². The minimum Gasteiger partial charge on any atom is -0.271 e. The Balaban J connectivity index is 2.40. The van der Waals surface area contributed by atoms with Gasteiger partial charge >= 0.3 is 0 Å². The monoisotopic (exact) mass is 231 g/mol. The molecule has 1 aromatic carbocycles. The third kappa shape index (κ3) is 2.67. The van der Waals surface area contributed by atoms with Crippen LogP contribution in [0.1, 0.15) is 23.0 Å². The summed E-state index contributed by atoms with van der Waals surface area (Å²) in [5, 5.41) is 0. The number of aromatic nitrogens is 1. The van der Waals surface area contributed by atoms with E-state index in [4.69, 9.17) is 5.84 Å². The minimum atomic E-state index is -0.300. The number of nitrogens with one attached hydrogen (secondary N) is 1. The van der Waals surface area contributed by atoms with Gasteiger partial charge in [0.15, 0.2) is 0 Å². The quantitative estimate of drug-likeness (QED) is 0.628. The number of hydrogen-bond donors (Lipinski definition) is 2. The zero-order valence-corrected chi connectivity index (χ0v) is 9.52. The number of pyridine rings is 1. The molecule has 0 spiro atoms. The van der Waals surface area contributed by atoms with E-state index in [0.717, 1.165) is 17.0 Å². The second-order valence-corrected chi connectivity index (χ2v) is 3.86. The highest BCUT2D eigenvalue weighted by molar-refractivity contribution is 5.28. The van der Waals surface area contributed by atoms with E-state index in [1.54, 1.807) is 6.07 Å². The second kappa shape index (κ2) is 5.03. The molecule has 0 fully saturated rings. The maximum absolute atomic E-state index is 13.2. The Bertz CT molecular complexity index is 468. The standard InChI is InChI=1S/C13H14FN3/c1-9-4-2-7-12(16-9)13(17-15)10-5-3-6-11(14)8-10/h2-8,13,17H,15H2,1H3. The van der Waals surface area contributed by atoms with Crippen LogP contribution in [-0.4, -0.2) is 4.98 Å². The van der Waals surface area contributed by atoms with Gasteiger partial charge in [0.1, 0.15) is 5.82 Å². The van der Waals surface area contributed by atoms with Crippen molar-refractivity contribution >= 4 is 0 Å². The number of aryl methyl sites for hydroxylation is 1. The number of rotatable bonds is 3. The molecular formula is C13H14FN3. The molecule has 3 N–H and O–H groups in total. The van der Waals surface area contributed by atoms with Crippen molar-refractivity contribution in [1.29, 1.82) is 0 Å². The summed E-state index contributed by atoms with van der Waals surface area (Å²) in [5.74, 6) is 5.24. The maximum atomic E-state index is 13.2. The molecule has 0 saturated carbocycles. The molecule has 3 nitrogen and oxygen atoms in total. The van der Waals surface area contributed by atoms with Gasteiger partial charge in [0.2, 0.25) is 0 Å². The first kappa shape index (κ1) is 11.7. The summed E-state index contributed by atoms with van der Waals surface area (Å²) >= 11 is 0. The molecule has 17 heavy (non-hydrogen) atoms. The Morgan fingerprint density at radius 1 is 1.24 bits per heavy atom. The molecule has 1 atom stereocenters. The van der Waals surface area contributed by atoms with Gasteiger partial charge in [-0.05, 0) is 36.8 Å². The van der Waals surface area contributed by atoms with E-state index >= 15 is 0 Å². The predicted molar refractivity (Wildman–Crippen MR) is 64.5 cm³/mol. The Hall–Kier alpha value is -1.78. The molecule has 1 unspecified atom stereocenters. The van der Waals surface area contributed by atoms with Gasteiger partial charge < -0.3 is 0 Å². The smallest absolute Gasteiger partial charge is 0.123 e. The normalized spacial score (nSPS) is 12.4. The van der Waals surface area contributed by atoms with Crippen LogP contribution in [0.15, 0.2) is 42.5 Å². The Morgan fingerprint density at radius 2 is 2.00 bits per heavy atom. The number of halogens is 1. The molecule has 88 valence electrons.